The SMILES string of the molecule is OCc1nnc(CN2CCC(c3cccc(OCc4ccc(Cl)cc4F)n3)CC2)n1C[C@@H]1CCO1. The Kier molecular flexibility index (Phi) is 7.57. The van der Waals surface area contributed by atoms with Gasteiger partial charge in [0.15, 0.2) is 5.82 Å². The number of piperidine rings is 1. The molecule has 0 aliphatic carbocycles. The van der Waals surface area contributed by atoms with Crippen LogP contribution in [0.15, 0.2) is 36.4 Å². The highest BCUT2D eigenvalue weighted by Gasteiger charge is 2.26. The highest BCUT2D eigenvalue weighted by Crippen LogP contribution is 2.29. The summed E-state index contributed by atoms with van der Waals surface area (Å²) in [6, 6.07) is 10.3. The maximum Gasteiger partial charge on any atom is 0.213 e. The number of ether oxygens (including phenoxy) is 2. The Bertz CT molecular complexity index is 1150. The maximum atomic E-state index is 14.0. The van der Waals surface area contributed by atoms with E-state index in [1.807, 2.05) is 16.7 Å². The topological polar surface area (TPSA) is 85.5 Å². The summed E-state index contributed by atoms with van der Waals surface area (Å²) in [5.74, 6) is 1.89. The number of aliphatic hydroxyl groups is 1. The van der Waals surface area contributed by atoms with Gasteiger partial charge in [0, 0.05) is 34.9 Å². The Morgan fingerprint density at radius 3 is 2.63 bits per heavy atom. The van der Waals surface area contributed by atoms with Gasteiger partial charge in [-0.1, -0.05) is 23.7 Å². The van der Waals surface area contributed by atoms with Crippen LogP contribution in [0.4, 0.5) is 4.39 Å². The number of hydrogen-bond acceptors (Lipinski definition) is 7. The van der Waals surface area contributed by atoms with E-state index in [0.29, 0.717) is 41.3 Å². The van der Waals surface area contributed by atoms with Crippen molar-refractivity contribution in [1.82, 2.24) is 24.6 Å². The fourth-order valence-electron chi connectivity index (χ4n) is 4.57. The van der Waals surface area contributed by atoms with Crippen LogP contribution in [0.3, 0.4) is 0 Å². The number of benzene rings is 1. The third-order valence-electron chi connectivity index (χ3n) is 6.73. The molecule has 2 aromatic heterocycles. The standard InChI is InChI=1S/C25H29ClFN5O3/c26-19-5-4-18(21(27)12-19)16-35-25-3-1-2-22(28-25)17-6-9-31(10-7-17)14-23-29-30-24(15-33)32(23)13-20-8-11-34-20/h1-5,12,17,20,33H,6-11,13-16H2/t20-/m0/s1. The molecule has 0 bridgehead atoms. The molecule has 5 rings (SSSR count). The zero-order chi connectivity index (χ0) is 24.2. The number of pyridine rings is 1. The molecule has 0 saturated carbocycles. The van der Waals surface area contributed by atoms with E-state index in [0.717, 1.165) is 50.5 Å². The van der Waals surface area contributed by atoms with Crippen molar-refractivity contribution in [2.24, 2.45) is 0 Å². The van der Waals surface area contributed by atoms with E-state index >= 15 is 0 Å². The van der Waals surface area contributed by atoms with Crippen LogP contribution >= 0.6 is 11.6 Å². The summed E-state index contributed by atoms with van der Waals surface area (Å²) < 4.78 is 27.4. The van der Waals surface area contributed by atoms with Crippen LogP contribution in [0.25, 0.3) is 0 Å². The number of halogens is 2. The van der Waals surface area contributed by atoms with E-state index < -0.39 is 0 Å². The highest BCUT2D eigenvalue weighted by molar-refractivity contribution is 6.30. The first-order valence-electron chi connectivity index (χ1n) is 12.0. The fourth-order valence-corrected chi connectivity index (χ4v) is 4.72. The summed E-state index contributed by atoms with van der Waals surface area (Å²) in [6.07, 6.45) is 3.14. The van der Waals surface area contributed by atoms with Crippen molar-refractivity contribution in [3.8, 4) is 5.88 Å². The normalized spacial score (nSPS) is 19.0. The van der Waals surface area contributed by atoms with Gasteiger partial charge in [0.2, 0.25) is 5.88 Å². The number of rotatable bonds is 9. The molecule has 3 aromatic rings. The molecule has 0 spiro atoms. The van der Waals surface area contributed by atoms with E-state index in [2.05, 4.69) is 20.1 Å². The van der Waals surface area contributed by atoms with Gasteiger partial charge in [0.05, 0.1) is 19.2 Å². The smallest absolute Gasteiger partial charge is 0.213 e. The molecule has 4 heterocycles. The summed E-state index contributed by atoms with van der Waals surface area (Å²) in [5, 5.41) is 18.5. The molecule has 8 nitrogen and oxygen atoms in total. The summed E-state index contributed by atoms with van der Waals surface area (Å²) >= 11 is 5.82. The number of aliphatic hydroxyl groups excluding tert-OH is 1. The van der Waals surface area contributed by atoms with Crippen LogP contribution in [0.1, 0.15) is 48.1 Å². The quantitative estimate of drug-likeness (QED) is 0.478. The van der Waals surface area contributed by atoms with Gasteiger partial charge in [-0.3, -0.25) is 4.90 Å². The molecular formula is C25H29ClFN5O3. The van der Waals surface area contributed by atoms with Gasteiger partial charge in [-0.15, -0.1) is 10.2 Å². The minimum absolute atomic E-state index is 0.0975. The molecule has 1 aromatic carbocycles. The Morgan fingerprint density at radius 1 is 1.11 bits per heavy atom. The Balaban J connectivity index is 1.16. The molecule has 35 heavy (non-hydrogen) atoms. The summed E-state index contributed by atoms with van der Waals surface area (Å²) in [6.45, 7) is 3.96. The van der Waals surface area contributed by atoms with Crippen molar-refractivity contribution in [1.29, 1.82) is 0 Å². The number of aromatic nitrogens is 4. The first-order chi connectivity index (χ1) is 17.1. The van der Waals surface area contributed by atoms with Gasteiger partial charge < -0.3 is 19.1 Å². The van der Waals surface area contributed by atoms with Crippen LogP contribution in [-0.4, -0.2) is 55.6 Å². The average Bonchev–Trinajstić information content (AvgIpc) is 3.22. The Morgan fingerprint density at radius 2 is 1.91 bits per heavy atom. The summed E-state index contributed by atoms with van der Waals surface area (Å²) in [4.78, 5) is 7.05. The molecule has 0 amide bonds. The van der Waals surface area contributed by atoms with Crippen LogP contribution < -0.4 is 4.74 Å². The van der Waals surface area contributed by atoms with Crippen LogP contribution in [0.5, 0.6) is 5.88 Å². The van der Waals surface area contributed by atoms with Crippen molar-refractivity contribution >= 4 is 11.6 Å². The second kappa shape index (κ2) is 11.0. The Hall–Kier alpha value is -2.59. The van der Waals surface area contributed by atoms with Crippen molar-refractivity contribution < 1.29 is 19.0 Å². The lowest BCUT2D eigenvalue weighted by molar-refractivity contribution is -0.0605. The van der Waals surface area contributed by atoms with Gasteiger partial charge in [0.1, 0.15) is 24.9 Å². The van der Waals surface area contributed by atoms with E-state index in [1.54, 1.807) is 18.2 Å². The van der Waals surface area contributed by atoms with E-state index in [9.17, 15) is 9.50 Å². The minimum atomic E-state index is -0.386. The summed E-state index contributed by atoms with van der Waals surface area (Å²) in [7, 11) is 0. The molecular weight excluding hydrogens is 473 g/mol. The zero-order valence-electron chi connectivity index (χ0n) is 19.4. The van der Waals surface area contributed by atoms with Crippen molar-refractivity contribution in [3.63, 3.8) is 0 Å². The molecule has 2 saturated heterocycles. The largest absolute Gasteiger partial charge is 0.473 e. The summed E-state index contributed by atoms with van der Waals surface area (Å²) in [5.41, 5.74) is 1.43. The molecule has 1 atom stereocenters. The monoisotopic (exact) mass is 501 g/mol. The first-order valence-corrected chi connectivity index (χ1v) is 12.4. The van der Waals surface area contributed by atoms with Crippen molar-refractivity contribution in [3.05, 3.63) is 70.1 Å². The van der Waals surface area contributed by atoms with Gasteiger partial charge in [-0.25, -0.2) is 9.37 Å². The predicted molar refractivity (Wildman–Crippen MR) is 128 cm³/mol. The van der Waals surface area contributed by atoms with E-state index in [-0.39, 0.29) is 25.1 Å². The third-order valence-corrected chi connectivity index (χ3v) is 6.97. The molecule has 10 heteroatoms. The van der Waals surface area contributed by atoms with Crippen molar-refractivity contribution in [2.45, 2.75) is 57.6 Å². The zero-order valence-corrected chi connectivity index (χ0v) is 20.2. The Labute approximate surface area is 208 Å². The van der Waals surface area contributed by atoms with Crippen LogP contribution in [0, 0.1) is 5.82 Å². The first kappa shape index (κ1) is 24.1. The second-order valence-corrected chi connectivity index (χ2v) is 9.49. The van der Waals surface area contributed by atoms with Crippen LogP contribution in [-0.2, 0) is 31.0 Å². The molecule has 1 N–H and O–H groups in total. The predicted octanol–water partition coefficient (Wildman–Crippen LogP) is 3.71. The van der Waals surface area contributed by atoms with Gasteiger partial charge in [-0.2, -0.15) is 0 Å². The third kappa shape index (κ3) is 5.81. The minimum Gasteiger partial charge on any atom is -0.473 e. The second-order valence-electron chi connectivity index (χ2n) is 9.06. The molecule has 2 aliphatic rings. The van der Waals surface area contributed by atoms with E-state index in [1.165, 1.54) is 6.07 Å². The molecule has 0 unspecified atom stereocenters. The molecule has 2 aliphatic heterocycles. The van der Waals surface area contributed by atoms with Crippen molar-refractivity contribution in [2.75, 3.05) is 19.7 Å². The van der Waals surface area contributed by atoms with Crippen LogP contribution in [0.2, 0.25) is 5.02 Å². The molecule has 186 valence electrons. The maximum absolute atomic E-state index is 14.0. The van der Waals surface area contributed by atoms with Gasteiger partial charge in [-0.05, 0) is 50.6 Å². The number of likely N-dealkylation sites (tertiary alicyclic amines) is 1. The molecule has 0 radical (unpaired) electrons. The number of hydrogen-bond donors (Lipinski definition) is 1. The average molecular weight is 502 g/mol. The lowest BCUT2D eigenvalue weighted by Gasteiger charge is -2.32. The lowest BCUT2D eigenvalue weighted by Crippen LogP contribution is -2.35. The highest BCUT2D eigenvalue weighted by atomic mass is 35.5. The molecule has 2 fully saturated rings. The van der Waals surface area contributed by atoms with Gasteiger partial charge in [0.25, 0.3) is 0 Å². The fraction of sp³-hybridized carbons (Fsp3) is 0.480. The van der Waals surface area contributed by atoms with E-state index in [4.69, 9.17) is 21.1 Å². The number of nitrogens with zero attached hydrogens (tertiary/aromatic N) is 5. The lowest BCUT2D eigenvalue weighted by atomic mass is 9.93. The van der Waals surface area contributed by atoms with Gasteiger partial charge >= 0.3 is 0 Å².